The van der Waals surface area contributed by atoms with Crippen LogP contribution in [0.25, 0.3) is 0 Å². The van der Waals surface area contributed by atoms with Crippen LogP contribution in [0, 0.1) is 68.0 Å². The van der Waals surface area contributed by atoms with E-state index in [0.29, 0.717) is 30.8 Å². The van der Waals surface area contributed by atoms with Gasteiger partial charge in [0.1, 0.15) is 0 Å². The summed E-state index contributed by atoms with van der Waals surface area (Å²) in [6.07, 6.45) is 38.8. The number of allylic oxidation sites excluding steroid dienone is 8. The van der Waals surface area contributed by atoms with Crippen molar-refractivity contribution in [3.05, 3.63) is 122 Å². The van der Waals surface area contributed by atoms with Crippen molar-refractivity contribution < 1.29 is 69.9 Å². The Labute approximate surface area is 760 Å². The van der Waals surface area contributed by atoms with E-state index in [1.54, 1.807) is 80.5 Å². The zero-order chi connectivity index (χ0) is 101. The number of amides is 2. The van der Waals surface area contributed by atoms with Gasteiger partial charge in [-0.15, -0.1) is 12.8 Å². The van der Waals surface area contributed by atoms with Crippen LogP contribution in [-0.2, 0) is 67.8 Å². The minimum absolute atomic E-state index is 0.0179. The molecule has 0 aromatic rings. The zero-order valence-electron chi connectivity index (χ0n) is 86.1. The van der Waals surface area contributed by atoms with Gasteiger partial charge in [-0.05, 0) is 239 Å². The highest BCUT2D eigenvalue weighted by Gasteiger charge is 2.29. The van der Waals surface area contributed by atoms with Crippen molar-refractivity contribution in [1.29, 1.82) is 0 Å². The SMILES string of the molecule is C#CC(=O)C(C)(C)C.C#CC(=O)CC(C)(C)C.C=CC(=O)C(C)(C)C.C=CC(=O)N(CCC)C(C)(C)C.C=CC(=O)NC(C)(C)C.C=CS(=O)(=O)C(C)(C)C.C=CS(=O)(=O)NC(C)(C)C.CC(C)(C)C(=O)/C=C/CCO.CC(C)(C)C(=O)C1=CCCC1.CC(C)(C)C(=O)C1=CCCCC1.CN(C)C/C=C/C(=O)C(C)(C)C.CN(C)C/C=C/C(=O)CC(C)(C)C. The van der Waals surface area contributed by atoms with Gasteiger partial charge in [0.2, 0.25) is 33.4 Å². The first-order valence-corrected chi connectivity index (χ1v) is 45.7. The Kier molecular flexibility index (Phi) is 71.1. The van der Waals surface area contributed by atoms with E-state index in [1.807, 2.05) is 221 Å². The summed E-state index contributed by atoms with van der Waals surface area (Å²) in [6, 6.07) is 0. The Bertz CT molecular complexity index is 3750. The van der Waals surface area contributed by atoms with Crippen molar-refractivity contribution in [3.8, 4) is 24.7 Å². The Morgan fingerprint density at radius 1 is 0.468 bits per heavy atom. The summed E-state index contributed by atoms with van der Waals surface area (Å²) in [5, 5.41) is 13.0. The maximum atomic E-state index is 11.8. The molecule has 0 unspecified atom stereocenters. The number of sulfone groups is 1. The summed E-state index contributed by atoms with van der Waals surface area (Å²) >= 11 is 0. The van der Waals surface area contributed by atoms with Crippen molar-refractivity contribution in [2.75, 3.05) is 54.4 Å². The first kappa shape index (κ1) is 137. The van der Waals surface area contributed by atoms with Gasteiger partial charge in [-0.25, -0.2) is 21.6 Å². The van der Waals surface area contributed by atoms with E-state index in [0.717, 1.165) is 80.1 Å². The Hall–Kier alpha value is -7.44. The normalized spacial score (nSPS) is 13.1. The standard InChI is InChI=1S/C11H21NO.C11H18O.2C10H19NO.C10H16O.C9H16O2.C8H12O.C7H13NO.C7H12O.C7H10O.C6H13NO2S.C6H12O2S/c1-11(2,3)9-10(13)7-6-8-12(4)5;1-11(2,3)10(12)9-7-5-4-6-8-9;1-10(2,3)9(12)7-6-8-11(4)5;1-6-8-11(9(12)7-2)10(3,4)5;1-10(2,3)9(11)8-6-4-5-7-8;1-9(2,3)8(11)6-4-5-7-10;1-5-7(9)6-8(2,3)4;1-5-6(9)8-7(2,3)4;2*1-5-6(8)7(2,3)4;1-5-10(8,9)7-6(2,3)4;1-5-9(7,8)6(2,3)4/h6-7H,8-9H2,1-5H3;7H,4-6,8H2,1-3H3;6-7H,8H2,1-5H3;7H,2,6,8H2,1,3-5H3;6H,4-5,7H2,1-3H3;4,6,10H,5,7H2,1-3H3;1H,6H2,2-4H3;5H,1H2,2-4H3,(H,8,9);5H,1H2,2-4H3;1H,2-4H3;5,7H,1H2,2-4H3;5H,1H2,2-4H3/b7-6+;;7-6+;;;6-4+;;;;;;. The molecule has 0 saturated carbocycles. The molecule has 0 aliphatic heterocycles. The average molecular weight is 1780 g/mol. The Morgan fingerprint density at radius 2 is 0.847 bits per heavy atom. The van der Waals surface area contributed by atoms with E-state index in [9.17, 15) is 64.8 Å². The number of terminal acetylenes is 2. The second-order valence-electron chi connectivity index (χ2n) is 43.0. The fraction of sp³-hybridized carbons (Fsp3) is 0.667. The van der Waals surface area contributed by atoms with Crippen LogP contribution in [0.3, 0.4) is 0 Å². The number of likely N-dealkylation sites (N-methyl/N-ethyl adjacent to an activating group) is 2. The fourth-order valence-electron chi connectivity index (χ4n) is 8.30. The van der Waals surface area contributed by atoms with Gasteiger partial charge in [0, 0.05) is 99.0 Å². The third-order valence-electron chi connectivity index (χ3n) is 15.3. The van der Waals surface area contributed by atoms with E-state index in [2.05, 4.69) is 94.6 Å². The third-order valence-corrected chi connectivity index (χ3v) is 18.7. The monoisotopic (exact) mass is 1780 g/mol. The van der Waals surface area contributed by atoms with Crippen LogP contribution in [0.5, 0.6) is 0 Å². The van der Waals surface area contributed by atoms with Crippen molar-refractivity contribution >= 4 is 77.9 Å². The number of nitrogens with zero attached hydrogens (tertiary/aromatic N) is 3. The number of Topliss-reactive ketones (excluding diaryl/α,β-unsaturated/α-hetero) is 4. The fourth-order valence-corrected chi connectivity index (χ4v) is 9.74. The van der Waals surface area contributed by atoms with Crippen molar-refractivity contribution in [2.24, 2.45) is 43.3 Å². The molecule has 0 radical (unpaired) electrons. The van der Waals surface area contributed by atoms with E-state index in [-0.39, 0.29) is 108 Å². The van der Waals surface area contributed by atoms with Crippen LogP contribution in [0.15, 0.2) is 122 Å². The number of carbonyl (C=O) groups excluding carboxylic acids is 10. The molecule has 716 valence electrons. The minimum atomic E-state index is -3.26. The van der Waals surface area contributed by atoms with Gasteiger partial charge in [-0.2, -0.15) is 0 Å². The van der Waals surface area contributed by atoms with Gasteiger partial charge in [0.05, 0.1) is 4.75 Å². The lowest BCUT2D eigenvalue weighted by molar-refractivity contribution is -0.130. The van der Waals surface area contributed by atoms with Crippen molar-refractivity contribution in [3.63, 3.8) is 0 Å². The molecule has 0 aromatic carbocycles. The first-order chi connectivity index (χ1) is 55.0. The lowest BCUT2D eigenvalue weighted by Crippen LogP contribution is -2.45. The highest BCUT2D eigenvalue weighted by atomic mass is 32.2. The molecule has 0 bridgehead atoms. The largest absolute Gasteiger partial charge is 0.396 e. The number of rotatable bonds is 21. The number of aliphatic hydroxyl groups excluding tert-OH is 1. The van der Waals surface area contributed by atoms with Gasteiger partial charge < -0.3 is 25.1 Å². The molecule has 0 saturated heterocycles. The summed E-state index contributed by atoms with van der Waals surface area (Å²) in [7, 11) is 1.59. The molecule has 22 heteroatoms. The predicted molar refractivity (Wildman–Crippen MR) is 528 cm³/mol. The molecule has 0 heterocycles. The molecule has 2 rings (SSSR count). The molecule has 0 fully saturated rings. The molecular formula is C102H181N5O15S2. The molecule has 20 nitrogen and oxygen atoms in total. The maximum Gasteiger partial charge on any atom is 0.246 e. The zero-order valence-corrected chi connectivity index (χ0v) is 87.8. The molecular weight excluding hydrogens is 1600 g/mol. The number of sulfonamides is 1. The summed E-state index contributed by atoms with van der Waals surface area (Å²) < 4.78 is 45.1. The van der Waals surface area contributed by atoms with Crippen LogP contribution in [0.4, 0.5) is 0 Å². The van der Waals surface area contributed by atoms with Crippen LogP contribution in [0.2, 0.25) is 0 Å². The molecule has 0 aromatic heterocycles. The third kappa shape index (κ3) is 90.8. The molecule has 2 aliphatic carbocycles. The van der Waals surface area contributed by atoms with Gasteiger partial charge in [0.25, 0.3) is 0 Å². The smallest absolute Gasteiger partial charge is 0.246 e. The lowest BCUT2D eigenvalue weighted by atomic mass is 9.82. The summed E-state index contributed by atoms with van der Waals surface area (Å²) in [6.45, 7) is 89.8. The highest BCUT2D eigenvalue weighted by Crippen LogP contribution is 2.29. The average Bonchev–Trinajstić information content (AvgIpc) is 1.86. The van der Waals surface area contributed by atoms with Crippen molar-refractivity contribution in [2.45, 2.75) is 348 Å². The van der Waals surface area contributed by atoms with Gasteiger partial charge in [0.15, 0.2) is 44.5 Å². The van der Waals surface area contributed by atoms with E-state index in [1.165, 1.54) is 37.1 Å². The quantitative estimate of drug-likeness (QED) is 0.0546. The number of hydrogen-bond acceptors (Lipinski definition) is 17. The number of aliphatic hydroxyl groups is 1. The van der Waals surface area contributed by atoms with Crippen LogP contribution in [0.1, 0.15) is 327 Å². The molecule has 124 heavy (non-hydrogen) atoms. The van der Waals surface area contributed by atoms with E-state index in [4.69, 9.17) is 18.0 Å². The molecule has 0 atom stereocenters. The number of hydrogen-bond donors (Lipinski definition) is 3. The predicted octanol–water partition coefficient (Wildman–Crippen LogP) is 21.3. The molecule has 3 N–H and O–H groups in total. The van der Waals surface area contributed by atoms with E-state index < -0.39 is 30.1 Å². The summed E-state index contributed by atoms with van der Waals surface area (Å²) in [5.41, 5.74) is 0.0407. The van der Waals surface area contributed by atoms with Crippen molar-refractivity contribution in [1.82, 2.24) is 24.7 Å². The second-order valence-corrected chi connectivity index (χ2v) is 47.2. The topological polar surface area (TPSA) is 293 Å². The molecule has 2 aliphatic rings. The van der Waals surface area contributed by atoms with Gasteiger partial charge >= 0.3 is 0 Å². The summed E-state index contributed by atoms with van der Waals surface area (Å²) in [4.78, 5) is 117. The Morgan fingerprint density at radius 3 is 1.03 bits per heavy atom. The summed E-state index contributed by atoms with van der Waals surface area (Å²) in [5.74, 6) is 5.06. The first-order valence-electron chi connectivity index (χ1n) is 42.6. The number of ketones is 8. The minimum Gasteiger partial charge on any atom is -0.396 e. The Balaban J connectivity index is -0.000000143. The van der Waals surface area contributed by atoms with Gasteiger partial charge in [-0.1, -0.05) is 236 Å². The molecule has 2 amide bonds. The second kappa shape index (κ2) is 64.3. The van der Waals surface area contributed by atoms with Crippen LogP contribution in [-0.4, -0.2) is 171 Å². The number of carbonyl (C=O) groups is 10. The lowest BCUT2D eigenvalue weighted by Gasteiger charge is -2.34. The van der Waals surface area contributed by atoms with Crippen LogP contribution < -0.4 is 10.0 Å². The van der Waals surface area contributed by atoms with Crippen LogP contribution >= 0.6 is 0 Å². The molecule has 0 spiro atoms. The highest BCUT2D eigenvalue weighted by molar-refractivity contribution is 7.95. The van der Waals surface area contributed by atoms with Gasteiger partial charge in [-0.3, -0.25) is 47.9 Å². The van der Waals surface area contributed by atoms with E-state index >= 15 is 0 Å². The number of nitrogens with one attached hydrogen (secondary N) is 2. The maximum absolute atomic E-state index is 11.8.